The highest BCUT2D eigenvalue weighted by atomic mass is 35.5. The Hall–Kier alpha value is -2.78. The number of halogens is 1. The second-order valence-electron chi connectivity index (χ2n) is 14.0. The molecule has 0 unspecified atom stereocenters. The molecule has 0 radical (unpaired) electrons. The molecule has 1 saturated heterocycles. The zero-order valence-electron chi connectivity index (χ0n) is 29.3. The van der Waals surface area contributed by atoms with Crippen LogP contribution in [0.2, 0.25) is 5.02 Å². The molecule has 2 aliphatic carbocycles. The van der Waals surface area contributed by atoms with Crippen molar-refractivity contribution in [2.24, 2.45) is 0 Å². The summed E-state index contributed by atoms with van der Waals surface area (Å²) in [5.41, 5.74) is 4.20. The fourth-order valence-electron chi connectivity index (χ4n) is 6.76. The number of unbranched alkanes of at least 4 members (excludes halogenated alkanes) is 1. The van der Waals surface area contributed by atoms with E-state index in [-0.39, 0.29) is 11.6 Å². The van der Waals surface area contributed by atoms with E-state index >= 15 is 0 Å². The average Bonchev–Trinajstić information content (AvgIpc) is 4.13. The SMILES string of the molecule is O=C([C@@H](O)[C@@H](O)[C@H](O)[C@@H](O)CO)N(CCCCSc1ccc(Cl)c(CNC2(c3cnccc3-c3ccccc3OC3CC3)CC2)c1)C1CCOCC1. The molecule has 6 rings (SSSR count). The number of benzene rings is 2. The first-order chi connectivity index (χ1) is 25.2. The summed E-state index contributed by atoms with van der Waals surface area (Å²) in [4.78, 5) is 20.5. The van der Waals surface area contributed by atoms with Gasteiger partial charge in [0.1, 0.15) is 24.1 Å². The molecule has 3 aliphatic rings. The Bertz CT molecular complexity index is 1640. The van der Waals surface area contributed by atoms with Gasteiger partial charge in [-0.15, -0.1) is 11.8 Å². The van der Waals surface area contributed by atoms with Gasteiger partial charge in [-0.3, -0.25) is 9.78 Å². The molecule has 4 atom stereocenters. The van der Waals surface area contributed by atoms with Crippen LogP contribution in [-0.4, -0.2) is 110 Å². The second kappa shape index (κ2) is 18.0. The van der Waals surface area contributed by atoms with Crippen molar-refractivity contribution in [2.75, 3.05) is 32.1 Å². The first-order valence-electron chi connectivity index (χ1n) is 18.3. The number of carbonyl (C=O) groups excluding carboxylic acids is 1. The highest BCUT2D eigenvalue weighted by Crippen LogP contribution is 2.50. The maximum Gasteiger partial charge on any atom is 0.254 e. The van der Waals surface area contributed by atoms with Gasteiger partial charge in [-0.1, -0.05) is 29.8 Å². The predicted octanol–water partition coefficient (Wildman–Crippen LogP) is 4.04. The van der Waals surface area contributed by atoms with Crippen LogP contribution in [0.3, 0.4) is 0 Å². The molecule has 2 aromatic carbocycles. The van der Waals surface area contributed by atoms with Crippen molar-refractivity contribution in [3.05, 3.63) is 77.1 Å². The first-order valence-corrected chi connectivity index (χ1v) is 19.7. The van der Waals surface area contributed by atoms with Gasteiger partial charge in [0.2, 0.25) is 0 Å². The zero-order valence-corrected chi connectivity index (χ0v) is 30.9. The Balaban J connectivity index is 1.04. The molecule has 2 heterocycles. The third-order valence-corrected chi connectivity index (χ3v) is 11.6. The molecule has 1 amide bonds. The minimum Gasteiger partial charge on any atom is -0.490 e. The third-order valence-electron chi connectivity index (χ3n) is 10.2. The molecular formula is C39H50ClN3O8S. The number of nitrogens with zero attached hydrogens (tertiary/aromatic N) is 2. The zero-order chi connectivity index (χ0) is 36.7. The number of aliphatic hydroxyl groups is 5. The Labute approximate surface area is 314 Å². The van der Waals surface area contributed by atoms with Crippen LogP contribution < -0.4 is 10.1 Å². The van der Waals surface area contributed by atoms with Gasteiger partial charge < -0.3 is 45.2 Å². The van der Waals surface area contributed by atoms with E-state index in [4.69, 9.17) is 26.2 Å². The van der Waals surface area contributed by atoms with Gasteiger partial charge in [0.05, 0.1) is 12.7 Å². The number of hydrogen-bond acceptors (Lipinski definition) is 11. The van der Waals surface area contributed by atoms with E-state index in [0.29, 0.717) is 56.7 Å². The lowest BCUT2D eigenvalue weighted by molar-refractivity contribution is -0.162. The van der Waals surface area contributed by atoms with Gasteiger partial charge >= 0.3 is 0 Å². The van der Waals surface area contributed by atoms with Crippen molar-refractivity contribution in [1.29, 1.82) is 0 Å². The largest absolute Gasteiger partial charge is 0.490 e. The van der Waals surface area contributed by atoms with E-state index in [1.165, 1.54) is 0 Å². The van der Waals surface area contributed by atoms with Crippen molar-refractivity contribution < 1.29 is 39.8 Å². The summed E-state index contributed by atoms with van der Waals surface area (Å²) in [6.45, 7) is 1.11. The van der Waals surface area contributed by atoms with Crippen LogP contribution in [0, 0.1) is 0 Å². The molecule has 11 nitrogen and oxygen atoms in total. The molecule has 1 aromatic heterocycles. The molecule has 1 aliphatic heterocycles. The monoisotopic (exact) mass is 755 g/mol. The van der Waals surface area contributed by atoms with Crippen LogP contribution in [-0.2, 0) is 21.6 Å². The van der Waals surface area contributed by atoms with E-state index < -0.39 is 36.9 Å². The summed E-state index contributed by atoms with van der Waals surface area (Å²) < 4.78 is 11.7. The van der Waals surface area contributed by atoms with Crippen molar-refractivity contribution in [3.8, 4) is 16.9 Å². The second-order valence-corrected chi connectivity index (χ2v) is 15.6. The van der Waals surface area contributed by atoms with Crippen LogP contribution >= 0.6 is 23.4 Å². The van der Waals surface area contributed by atoms with E-state index in [0.717, 1.165) is 70.8 Å². The number of aromatic nitrogens is 1. The molecule has 52 heavy (non-hydrogen) atoms. The van der Waals surface area contributed by atoms with Crippen molar-refractivity contribution in [2.45, 2.75) is 105 Å². The van der Waals surface area contributed by atoms with Gasteiger partial charge in [0.25, 0.3) is 5.91 Å². The van der Waals surface area contributed by atoms with E-state index in [1.54, 1.807) is 16.7 Å². The van der Waals surface area contributed by atoms with Gasteiger partial charge in [0, 0.05) is 65.8 Å². The number of thioether (sulfide) groups is 1. The van der Waals surface area contributed by atoms with Gasteiger partial charge in [-0.25, -0.2) is 0 Å². The van der Waals surface area contributed by atoms with Crippen LogP contribution in [0.25, 0.3) is 11.1 Å². The number of carbonyl (C=O) groups is 1. The molecule has 0 spiro atoms. The minimum atomic E-state index is -1.94. The summed E-state index contributed by atoms with van der Waals surface area (Å²) in [5.74, 6) is 0.992. The topological polar surface area (TPSA) is 165 Å². The molecular weight excluding hydrogens is 706 g/mol. The fourth-order valence-corrected chi connectivity index (χ4v) is 7.92. The van der Waals surface area contributed by atoms with Crippen LogP contribution in [0.4, 0.5) is 0 Å². The fraction of sp³-hybridized carbons (Fsp3) is 0.538. The quantitative estimate of drug-likeness (QED) is 0.0773. The van der Waals surface area contributed by atoms with Crippen LogP contribution in [0.5, 0.6) is 5.75 Å². The van der Waals surface area contributed by atoms with Gasteiger partial charge in [-0.05, 0) is 104 Å². The Morgan fingerprint density at radius 2 is 1.79 bits per heavy atom. The van der Waals surface area contributed by atoms with Crippen LogP contribution in [0.15, 0.2) is 65.8 Å². The number of pyridine rings is 1. The number of amides is 1. The standard InChI is InChI=1S/C39H50ClN3O8S/c40-32-10-9-28(52-20-4-3-17-43(26-12-18-50-19-13-26)38(49)37(48)36(47)35(46)33(45)24-44)21-25(32)22-42-39(14-15-39)31-23-41-16-11-29(31)30-5-1-2-6-34(30)51-27-7-8-27/h1-2,5-6,9-11,16,21,23,26-27,33,35-37,42,44-48H,3-4,7-8,12-15,17-20,22,24H2/t33-,35+,36-,37-/m0/s1. The molecule has 282 valence electrons. The lowest BCUT2D eigenvalue weighted by atomic mass is 9.94. The number of rotatable bonds is 19. The number of nitrogens with one attached hydrogen (secondary N) is 1. The highest BCUT2D eigenvalue weighted by molar-refractivity contribution is 7.99. The van der Waals surface area contributed by atoms with Crippen molar-refractivity contribution in [3.63, 3.8) is 0 Å². The molecule has 0 bridgehead atoms. The number of ether oxygens (including phenoxy) is 2. The third kappa shape index (κ3) is 9.65. The highest BCUT2D eigenvalue weighted by Gasteiger charge is 2.46. The Kier molecular flexibility index (Phi) is 13.5. The summed E-state index contributed by atoms with van der Waals surface area (Å²) in [5, 5.41) is 54.4. The average molecular weight is 756 g/mol. The lowest BCUT2D eigenvalue weighted by Crippen LogP contribution is -2.55. The van der Waals surface area contributed by atoms with E-state index in [2.05, 4.69) is 28.5 Å². The lowest BCUT2D eigenvalue weighted by Gasteiger charge is -2.37. The maximum absolute atomic E-state index is 13.3. The van der Waals surface area contributed by atoms with Crippen molar-refractivity contribution in [1.82, 2.24) is 15.2 Å². The summed E-state index contributed by atoms with van der Waals surface area (Å²) in [6, 6.07) is 16.2. The molecule has 13 heteroatoms. The van der Waals surface area contributed by atoms with Crippen molar-refractivity contribution >= 4 is 29.3 Å². The smallest absolute Gasteiger partial charge is 0.254 e. The maximum atomic E-state index is 13.3. The van der Waals surface area contributed by atoms with E-state index in [9.17, 15) is 25.2 Å². The summed E-state index contributed by atoms with van der Waals surface area (Å²) in [6.07, 6.45) is 3.52. The minimum absolute atomic E-state index is 0.176. The van der Waals surface area contributed by atoms with E-state index in [1.807, 2.05) is 42.7 Å². The van der Waals surface area contributed by atoms with Crippen LogP contribution in [0.1, 0.15) is 62.5 Å². The Morgan fingerprint density at radius 1 is 1.02 bits per heavy atom. The predicted molar refractivity (Wildman–Crippen MR) is 199 cm³/mol. The summed E-state index contributed by atoms with van der Waals surface area (Å²) >= 11 is 8.41. The Morgan fingerprint density at radius 3 is 2.52 bits per heavy atom. The molecule has 2 saturated carbocycles. The van der Waals surface area contributed by atoms with Gasteiger partial charge in [-0.2, -0.15) is 0 Å². The molecule has 3 aromatic rings. The number of para-hydroxylation sites is 1. The summed E-state index contributed by atoms with van der Waals surface area (Å²) in [7, 11) is 0. The first kappa shape index (κ1) is 38.9. The molecule has 6 N–H and O–H groups in total. The molecule has 3 fully saturated rings. The normalized spacial score (nSPS) is 19.4. The van der Waals surface area contributed by atoms with Gasteiger partial charge in [0.15, 0.2) is 6.10 Å². The number of hydrogen-bond donors (Lipinski definition) is 6. The number of aliphatic hydroxyl groups excluding tert-OH is 5.